The highest BCUT2D eigenvalue weighted by atomic mass is 32.1. The van der Waals surface area contributed by atoms with Crippen molar-refractivity contribution in [2.75, 3.05) is 0 Å². The molecular formula is C57H35N5S. The van der Waals surface area contributed by atoms with Crippen LogP contribution in [-0.2, 0) is 0 Å². The van der Waals surface area contributed by atoms with Gasteiger partial charge < -0.3 is 4.57 Å². The fourth-order valence-corrected chi connectivity index (χ4v) is 10.6. The zero-order valence-corrected chi connectivity index (χ0v) is 34.7. The molecule has 0 unspecified atom stereocenters. The predicted molar refractivity (Wildman–Crippen MR) is 263 cm³/mol. The molecule has 0 atom stereocenters. The van der Waals surface area contributed by atoms with Gasteiger partial charge in [0.25, 0.3) is 0 Å². The largest absolute Gasteiger partial charge is 0.307 e. The Hall–Kier alpha value is -8.19. The van der Waals surface area contributed by atoms with Crippen molar-refractivity contribution < 1.29 is 0 Å². The summed E-state index contributed by atoms with van der Waals surface area (Å²) < 4.78 is 7.29. The van der Waals surface area contributed by atoms with E-state index in [1.165, 1.54) is 31.1 Å². The Morgan fingerprint density at radius 3 is 1.63 bits per heavy atom. The van der Waals surface area contributed by atoms with Gasteiger partial charge in [-0.1, -0.05) is 158 Å². The van der Waals surface area contributed by atoms with Crippen molar-refractivity contribution in [3.05, 3.63) is 212 Å². The Kier molecular flexibility index (Phi) is 8.01. The number of nitrogens with zero attached hydrogens (tertiary/aromatic N) is 5. The second kappa shape index (κ2) is 14.2. The highest BCUT2D eigenvalue weighted by Crippen LogP contribution is 2.43. The highest BCUT2D eigenvalue weighted by molar-refractivity contribution is 7.25. The van der Waals surface area contributed by atoms with E-state index in [1.807, 2.05) is 35.6 Å². The third kappa shape index (κ3) is 5.73. The van der Waals surface area contributed by atoms with Crippen molar-refractivity contribution in [1.82, 2.24) is 24.1 Å². The van der Waals surface area contributed by atoms with E-state index in [1.54, 1.807) is 0 Å². The molecule has 0 spiro atoms. The van der Waals surface area contributed by atoms with E-state index >= 15 is 0 Å². The van der Waals surface area contributed by atoms with Crippen molar-refractivity contribution in [2.24, 2.45) is 0 Å². The second-order valence-electron chi connectivity index (χ2n) is 16.0. The molecule has 0 saturated carbocycles. The maximum atomic E-state index is 5.44. The van der Waals surface area contributed by atoms with Crippen LogP contribution in [0.15, 0.2) is 212 Å². The minimum atomic E-state index is 0.556. The molecule has 6 heteroatoms. The molecule has 4 heterocycles. The molecule has 0 radical (unpaired) electrons. The van der Waals surface area contributed by atoms with Gasteiger partial charge in [-0.2, -0.15) is 9.97 Å². The quantitative estimate of drug-likeness (QED) is 0.168. The van der Waals surface area contributed by atoms with Gasteiger partial charge >= 0.3 is 0 Å². The van der Waals surface area contributed by atoms with Crippen molar-refractivity contribution in [3.63, 3.8) is 0 Å². The number of hydrogen-bond acceptors (Lipinski definition) is 4. The van der Waals surface area contributed by atoms with E-state index in [-0.39, 0.29) is 0 Å². The zero-order chi connectivity index (χ0) is 41.4. The molecule has 5 nitrogen and oxygen atoms in total. The van der Waals surface area contributed by atoms with E-state index in [0.717, 1.165) is 71.7 Å². The lowest BCUT2D eigenvalue weighted by Gasteiger charge is -2.13. The number of para-hydroxylation sites is 2. The van der Waals surface area contributed by atoms with Gasteiger partial charge in [-0.05, 0) is 76.9 Å². The van der Waals surface area contributed by atoms with Crippen LogP contribution in [0.5, 0.6) is 0 Å². The number of aromatic nitrogens is 5. The smallest absolute Gasteiger partial charge is 0.238 e. The maximum absolute atomic E-state index is 5.44. The predicted octanol–water partition coefficient (Wildman–Crippen LogP) is 15.1. The average Bonchev–Trinajstić information content (AvgIpc) is 4.02. The number of benzene rings is 9. The third-order valence-electron chi connectivity index (χ3n) is 12.4. The molecule has 4 aromatic heterocycles. The minimum Gasteiger partial charge on any atom is -0.307 e. The highest BCUT2D eigenvalue weighted by Gasteiger charge is 2.24. The summed E-state index contributed by atoms with van der Waals surface area (Å²) in [7, 11) is 0. The molecule has 63 heavy (non-hydrogen) atoms. The van der Waals surface area contributed by atoms with Gasteiger partial charge in [0.05, 0.1) is 22.1 Å². The lowest BCUT2D eigenvalue weighted by molar-refractivity contribution is 0.953. The van der Waals surface area contributed by atoms with Gasteiger partial charge in [0.1, 0.15) is 0 Å². The summed E-state index contributed by atoms with van der Waals surface area (Å²) in [6, 6.07) is 75.6. The van der Waals surface area contributed by atoms with E-state index in [2.05, 4.69) is 197 Å². The first kappa shape index (κ1) is 35.6. The van der Waals surface area contributed by atoms with Crippen LogP contribution >= 0.6 is 11.3 Å². The molecule has 0 N–H and O–H groups in total. The molecule has 0 aliphatic rings. The Morgan fingerprint density at radius 1 is 0.302 bits per heavy atom. The molecule has 0 aliphatic heterocycles. The molecule has 294 valence electrons. The lowest BCUT2D eigenvalue weighted by atomic mass is 10.0. The van der Waals surface area contributed by atoms with Crippen molar-refractivity contribution in [3.8, 4) is 56.7 Å². The molecule has 0 aliphatic carbocycles. The summed E-state index contributed by atoms with van der Waals surface area (Å²) in [5.74, 6) is 1.77. The minimum absolute atomic E-state index is 0.556. The molecule has 13 rings (SSSR count). The Bertz CT molecular complexity index is 3900. The van der Waals surface area contributed by atoms with Crippen LogP contribution in [0.4, 0.5) is 0 Å². The molecule has 0 saturated heterocycles. The molecule has 0 amide bonds. The van der Waals surface area contributed by atoms with Crippen LogP contribution in [0.3, 0.4) is 0 Å². The SMILES string of the molecule is c1ccc(-c2cccc(-c3nc(-c4ccccc4)nc(-n4c5ccc(-c6ccc7sc8ccccc8c7c6)cc5c5ccc6c7ccccc7n(-c7ccccc7)c6c54)n3)c2)cc1. The molecule has 13 aromatic rings. The monoisotopic (exact) mass is 821 g/mol. The molecular weight excluding hydrogens is 787 g/mol. The van der Waals surface area contributed by atoms with Crippen LogP contribution in [0, 0.1) is 0 Å². The van der Waals surface area contributed by atoms with Gasteiger partial charge in [-0.25, -0.2) is 4.98 Å². The number of hydrogen-bond donors (Lipinski definition) is 0. The van der Waals surface area contributed by atoms with Crippen molar-refractivity contribution in [2.45, 2.75) is 0 Å². The van der Waals surface area contributed by atoms with Crippen LogP contribution < -0.4 is 0 Å². The molecule has 9 aromatic carbocycles. The summed E-state index contributed by atoms with van der Waals surface area (Å²) in [5, 5.41) is 7.17. The third-order valence-corrected chi connectivity index (χ3v) is 13.5. The summed E-state index contributed by atoms with van der Waals surface area (Å²) in [6.45, 7) is 0. The van der Waals surface area contributed by atoms with Crippen LogP contribution in [0.1, 0.15) is 0 Å². The van der Waals surface area contributed by atoms with E-state index < -0.39 is 0 Å². The average molecular weight is 822 g/mol. The van der Waals surface area contributed by atoms with E-state index in [0.29, 0.717) is 17.6 Å². The normalized spacial score (nSPS) is 11.8. The summed E-state index contributed by atoms with van der Waals surface area (Å²) >= 11 is 1.85. The van der Waals surface area contributed by atoms with E-state index in [4.69, 9.17) is 15.0 Å². The summed E-state index contributed by atoms with van der Waals surface area (Å²) in [4.78, 5) is 16.0. The van der Waals surface area contributed by atoms with Crippen LogP contribution in [-0.4, -0.2) is 24.1 Å². The molecule has 0 fully saturated rings. The fraction of sp³-hybridized carbons (Fsp3) is 0. The Morgan fingerprint density at radius 2 is 0.841 bits per heavy atom. The second-order valence-corrected chi connectivity index (χ2v) is 17.1. The van der Waals surface area contributed by atoms with Gasteiger partial charge in [0.2, 0.25) is 5.95 Å². The van der Waals surface area contributed by atoms with Crippen molar-refractivity contribution in [1.29, 1.82) is 0 Å². The topological polar surface area (TPSA) is 48.5 Å². The first-order valence-corrected chi connectivity index (χ1v) is 22.0. The van der Waals surface area contributed by atoms with Crippen molar-refractivity contribution >= 4 is 75.1 Å². The number of rotatable bonds is 6. The van der Waals surface area contributed by atoms with Crippen LogP contribution in [0.25, 0.3) is 120 Å². The first-order chi connectivity index (χ1) is 31.2. The van der Waals surface area contributed by atoms with Gasteiger partial charge in [0.15, 0.2) is 11.6 Å². The molecule has 0 bridgehead atoms. The number of fused-ring (bicyclic) bond motifs is 10. The lowest BCUT2D eigenvalue weighted by Crippen LogP contribution is -2.07. The van der Waals surface area contributed by atoms with Crippen LogP contribution in [0.2, 0.25) is 0 Å². The Labute approximate surface area is 366 Å². The van der Waals surface area contributed by atoms with Gasteiger partial charge in [-0.15, -0.1) is 11.3 Å². The van der Waals surface area contributed by atoms with E-state index in [9.17, 15) is 0 Å². The van der Waals surface area contributed by atoms with Gasteiger partial charge in [0, 0.05) is 58.5 Å². The Balaban J connectivity index is 1.13. The first-order valence-electron chi connectivity index (χ1n) is 21.2. The summed E-state index contributed by atoms with van der Waals surface area (Å²) in [5.41, 5.74) is 11.8. The standard InChI is InChI=1S/C57H35N5S/c1-4-15-36(16-5-1)38-19-14-20-41(33-38)56-58-55(37-17-6-2-7-18-37)59-57(60-56)62-50-31-27-39(40-28-32-52-48(35-40)44-24-11-13-26-51(44)63-52)34-47(50)46-30-29-45-43-23-10-12-25-49(43)61(53(45)54(46)62)42-21-8-3-9-22-42/h1-35H. The zero-order valence-electron chi connectivity index (χ0n) is 33.9. The fourth-order valence-electron chi connectivity index (χ4n) is 9.47. The van der Waals surface area contributed by atoms with Gasteiger partial charge in [-0.3, -0.25) is 4.57 Å². The summed E-state index contributed by atoms with van der Waals surface area (Å²) in [6.07, 6.45) is 0. The maximum Gasteiger partial charge on any atom is 0.238 e. The number of thiophene rings is 1.